The van der Waals surface area contributed by atoms with E-state index in [4.69, 9.17) is 11.6 Å². The summed E-state index contributed by atoms with van der Waals surface area (Å²) in [5.41, 5.74) is 0.0101. The molecule has 2 rings (SSSR count). The molecule has 0 aliphatic carbocycles. The van der Waals surface area contributed by atoms with Gasteiger partial charge < -0.3 is 0 Å². The predicted octanol–water partition coefficient (Wildman–Crippen LogP) is 3.51. The van der Waals surface area contributed by atoms with Gasteiger partial charge in [0.25, 0.3) is 0 Å². The first-order chi connectivity index (χ1) is 6.24. The van der Waals surface area contributed by atoms with Crippen LogP contribution in [0.4, 0.5) is 4.39 Å². The summed E-state index contributed by atoms with van der Waals surface area (Å²) < 4.78 is 13.9. The van der Waals surface area contributed by atoms with E-state index in [-0.39, 0.29) is 10.6 Å². The first-order valence-corrected chi connectivity index (χ1v) is 4.80. The topological polar surface area (TPSA) is 17.1 Å². The number of thiophene rings is 1. The van der Waals surface area contributed by atoms with Gasteiger partial charge in [0.2, 0.25) is 0 Å². The van der Waals surface area contributed by atoms with Crippen LogP contribution in [-0.2, 0) is 0 Å². The van der Waals surface area contributed by atoms with Crippen molar-refractivity contribution in [2.45, 2.75) is 0 Å². The van der Waals surface area contributed by atoms with E-state index in [0.29, 0.717) is 11.0 Å². The molecular formula is C9H4ClFOS. The summed E-state index contributed by atoms with van der Waals surface area (Å²) in [6.07, 6.45) is 0.471. The highest BCUT2D eigenvalue weighted by atomic mass is 35.5. The summed E-state index contributed by atoms with van der Waals surface area (Å²) in [5, 5.41) is 2.65. The van der Waals surface area contributed by atoms with E-state index in [1.54, 1.807) is 6.07 Å². The molecule has 1 aromatic heterocycles. The van der Waals surface area contributed by atoms with Gasteiger partial charge >= 0.3 is 0 Å². The number of carbonyl (C=O) groups is 1. The Bertz CT molecular complexity index is 478. The molecule has 0 saturated heterocycles. The monoisotopic (exact) mass is 214 g/mol. The lowest BCUT2D eigenvalue weighted by Crippen LogP contribution is -1.87. The predicted molar refractivity (Wildman–Crippen MR) is 52.2 cm³/mol. The summed E-state index contributed by atoms with van der Waals surface area (Å²) in [4.78, 5) is 10.4. The van der Waals surface area contributed by atoms with Gasteiger partial charge in [-0.05, 0) is 22.9 Å². The number of halogens is 2. The van der Waals surface area contributed by atoms with Crippen LogP contribution in [0.25, 0.3) is 10.1 Å². The molecule has 0 spiro atoms. The Morgan fingerprint density at radius 1 is 1.54 bits per heavy atom. The smallest absolute Gasteiger partial charge is 0.153 e. The maximum atomic E-state index is 13.3. The third-order valence-electron chi connectivity index (χ3n) is 1.78. The van der Waals surface area contributed by atoms with Crippen molar-refractivity contribution >= 4 is 39.3 Å². The van der Waals surface area contributed by atoms with E-state index in [9.17, 15) is 9.18 Å². The maximum Gasteiger partial charge on any atom is 0.153 e. The molecular weight excluding hydrogens is 211 g/mol. The van der Waals surface area contributed by atoms with Crippen LogP contribution in [0.1, 0.15) is 10.4 Å². The highest BCUT2D eigenvalue weighted by Gasteiger charge is 2.11. The molecule has 1 aromatic carbocycles. The lowest BCUT2D eigenvalue weighted by Gasteiger charge is -1.98. The average Bonchev–Trinajstić information content (AvgIpc) is 2.59. The molecule has 2 aromatic rings. The summed E-state index contributed by atoms with van der Waals surface area (Å²) in [6, 6.07) is 3.30. The second-order valence-corrected chi connectivity index (χ2v) is 3.84. The number of fused-ring (bicyclic) bond motifs is 1. The third kappa shape index (κ3) is 1.24. The van der Waals surface area contributed by atoms with Crippen molar-refractivity contribution < 1.29 is 9.18 Å². The van der Waals surface area contributed by atoms with Crippen molar-refractivity contribution in [3.63, 3.8) is 0 Å². The Kier molecular flexibility index (Phi) is 2.06. The van der Waals surface area contributed by atoms with Crippen molar-refractivity contribution in [2.24, 2.45) is 0 Å². The fraction of sp³-hybridized carbons (Fsp3) is 0. The van der Waals surface area contributed by atoms with Gasteiger partial charge in [-0.3, -0.25) is 4.79 Å². The average molecular weight is 215 g/mol. The van der Waals surface area contributed by atoms with Crippen LogP contribution >= 0.6 is 22.9 Å². The molecule has 0 unspecified atom stereocenters. The summed E-state index contributed by atoms with van der Waals surface area (Å²) in [7, 11) is 0. The van der Waals surface area contributed by atoms with Gasteiger partial charge in [0.05, 0.1) is 15.3 Å². The molecule has 0 bridgehead atoms. The zero-order chi connectivity index (χ0) is 9.42. The van der Waals surface area contributed by atoms with Crippen molar-refractivity contribution in [3.05, 3.63) is 33.9 Å². The molecule has 0 atom stereocenters. The van der Waals surface area contributed by atoms with Gasteiger partial charge in [-0.2, -0.15) is 0 Å². The number of aldehydes is 1. The van der Waals surface area contributed by atoms with E-state index in [1.807, 2.05) is 5.38 Å². The fourth-order valence-corrected chi connectivity index (χ4v) is 2.31. The third-order valence-corrected chi connectivity index (χ3v) is 3.19. The van der Waals surface area contributed by atoms with Crippen molar-refractivity contribution in [1.82, 2.24) is 0 Å². The van der Waals surface area contributed by atoms with Crippen molar-refractivity contribution in [2.75, 3.05) is 0 Å². The normalized spacial score (nSPS) is 10.6. The number of rotatable bonds is 1. The van der Waals surface area contributed by atoms with Crippen molar-refractivity contribution in [3.8, 4) is 0 Å². The minimum absolute atomic E-state index is 0.0101. The molecule has 1 heterocycles. The number of hydrogen-bond acceptors (Lipinski definition) is 2. The molecule has 4 heteroatoms. The second kappa shape index (κ2) is 3.09. The molecule has 0 saturated carbocycles. The maximum absolute atomic E-state index is 13.3. The zero-order valence-electron chi connectivity index (χ0n) is 6.38. The Labute approximate surface area is 82.7 Å². The second-order valence-electron chi connectivity index (χ2n) is 2.55. The van der Waals surface area contributed by atoms with Gasteiger partial charge in [0, 0.05) is 0 Å². The number of carbonyl (C=O) groups excluding carboxylic acids is 1. The molecule has 13 heavy (non-hydrogen) atoms. The van der Waals surface area contributed by atoms with Crippen LogP contribution in [0, 0.1) is 5.82 Å². The van der Waals surface area contributed by atoms with Crippen LogP contribution in [0.3, 0.4) is 0 Å². The Morgan fingerprint density at radius 3 is 3.00 bits per heavy atom. The summed E-state index contributed by atoms with van der Waals surface area (Å²) >= 11 is 7.09. The quantitative estimate of drug-likeness (QED) is 0.664. The van der Waals surface area contributed by atoms with Crippen LogP contribution in [0.15, 0.2) is 17.5 Å². The lowest BCUT2D eigenvalue weighted by atomic mass is 10.2. The van der Waals surface area contributed by atoms with Crippen LogP contribution in [0.5, 0.6) is 0 Å². The molecule has 1 nitrogen and oxygen atoms in total. The van der Waals surface area contributed by atoms with Crippen LogP contribution < -0.4 is 0 Å². The molecule has 0 fully saturated rings. The fourth-order valence-electron chi connectivity index (χ4n) is 1.15. The minimum atomic E-state index is -0.633. The van der Waals surface area contributed by atoms with E-state index >= 15 is 0 Å². The summed E-state index contributed by atoms with van der Waals surface area (Å²) in [6.45, 7) is 0. The van der Waals surface area contributed by atoms with E-state index in [2.05, 4.69) is 0 Å². The molecule has 66 valence electrons. The first kappa shape index (κ1) is 8.66. The van der Waals surface area contributed by atoms with Gasteiger partial charge in [-0.25, -0.2) is 4.39 Å². The molecule has 0 radical (unpaired) electrons. The first-order valence-electron chi connectivity index (χ1n) is 3.54. The van der Waals surface area contributed by atoms with Crippen LogP contribution in [0.2, 0.25) is 5.02 Å². The highest BCUT2D eigenvalue weighted by molar-refractivity contribution is 7.17. The van der Waals surface area contributed by atoms with Gasteiger partial charge in [0.15, 0.2) is 12.1 Å². The molecule has 0 aliphatic heterocycles. The SMILES string of the molecule is O=Cc1cc2ccsc2c(Cl)c1F. The molecule has 0 amide bonds. The van der Waals surface area contributed by atoms with E-state index in [0.717, 1.165) is 5.39 Å². The Morgan fingerprint density at radius 2 is 2.31 bits per heavy atom. The summed E-state index contributed by atoms with van der Waals surface area (Å²) in [5.74, 6) is -0.633. The van der Waals surface area contributed by atoms with Gasteiger partial charge in [-0.15, -0.1) is 11.3 Å². The van der Waals surface area contributed by atoms with Crippen LogP contribution in [-0.4, -0.2) is 6.29 Å². The number of hydrogen-bond donors (Lipinski definition) is 0. The Hall–Kier alpha value is -0.930. The molecule has 0 N–H and O–H groups in total. The lowest BCUT2D eigenvalue weighted by molar-refractivity contribution is 0.112. The minimum Gasteiger partial charge on any atom is -0.298 e. The number of benzene rings is 1. The van der Waals surface area contributed by atoms with E-state index < -0.39 is 5.82 Å². The van der Waals surface area contributed by atoms with Crippen molar-refractivity contribution in [1.29, 1.82) is 0 Å². The van der Waals surface area contributed by atoms with Gasteiger partial charge in [0.1, 0.15) is 0 Å². The van der Waals surface area contributed by atoms with Gasteiger partial charge in [-0.1, -0.05) is 11.6 Å². The molecule has 0 aliphatic rings. The van der Waals surface area contributed by atoms with E-state index in [1.165, 1.54) is 17.4 Å². The highest BCUT2D eigenvalue weighted by Crippen LogP contribution is 2.32. The standard InChI is InChI=1S/C9H4ClFOS/c10-7-8(11)6(4-12)3-5-1-2-13-9(5)7/h1-4H. The zero-order valence-corrected chi connectivity index (χ0v) is 7.95. The largest absolute Gasteiger partial charge is 0.298 e. The Balaban J connectivity index is 2.91.